The lowest BCUT2D eigenvalue weighted by Gasteiger charge is -2.31. The van der Waals surface area contributed by atoms with Gasteiger partial charge >= 0.3 is 6.03 Å². The second-order valence-corrected chi connectivity index (χ2v) is 7.87. The third-order valence-corrected chi connectivity index (χ3v) is 5.11. The van der Waals surface area contributed by atoms with Crippen molar-refractivity contribution in [2.75, 3.05) is 32.6 Å². The Morgan fingerprint density at radius 1 is 1.28 bits per heavy atom. The van der Waals surface area contributed by atoms with Crippen LogP contribution in [0.1, 0.15) is 26.3 Å². The van der Waals surface area contributed by atoms with Crippen molar-refractivity contribution in [3.8, 4) is 0 Å². The van der Waals surface area contributed by atoms with Gasteiger partial charge in [0.25, 0.3) is 5.91 Å². The van der Waals surface area contributed by atoms with Gasteiger partial charge in [-0.1, -0.05) is 19.9 Å². The van der Waals surface area contributed by atoms with E-state index in [0.29, 0.717) is 18.8 Å². The lowest BCUT2D eigenvalue weighted by atomic mass is 10.0. The molecule has 0 radical (unpaired) electrons. The summed E-state index contributed by atoms with van der Waals surface area (Å²) in [5, 5.41) is 8.59. The lowest BCUT2D eigenvalue weighted by Crippen LogP contribution is -2.57. The van der Waals surface area contributed by atoms with Crippen LogP contribution in [-0.2, 0) is 16.0 Å². The monoisotopic (exact) mass is 404 g/mol. The minimum atomic E-state index is -0.696. The number of pyridine rings is 1. The number of nitrogens with zero attached hydrogens (tertiary/aromatic N) is 3. The van der Waals surface area contributed by atoms with Gasteiger partial charge in [0.1, 0.15) is 11.9 Å². The maximum Gasteiger partial charge on any atom is 0.316 e. The van der Waals surface area contributed by atoms with Crippen molar-refractivity contribution in [3.05, 3.63) is 23.9 Å². The van der Waals surface area contributed by atoms with Crippen LogP contribution < -0.4 is 20.9 Å². The predicted octanol–water partition coefficient (Wildman–Crippen LogP) is 0.359. The Hall–Kier alpha value is -2.68. The molecule has 1 aliphatic heterocycles. The van der Waals surface area contributed by atoms with Crippen LogP contribution in [0.15, 0.2) is 18.3 Å². The van der Waals surface area contributed by atoms with E-state index in [1.54, 1.807) is 39.2 Å². The summed E-state index contributed by atoms with van der Waals surface area (Å²) in [4.78, 5) is 45.4. The maximum atomic E-state index is 13.5. The zero-order valence-electron chi connectivity index (χ0n) is 18.0. The number of rotatable bonds is 7. The molecule has 2 heterocycles. The summed E-state index contributed by atoms with van der Waals surface area (Å²) < 4.78 is 0. The SMILES string of the molecule is CNC(C)C(=O)N[C@H](C(=O)N1c2ncccc2CC1CNC(=O)N(C)C)C(C)C. The summed E-state index contributed by atoms with van der Waals surface area (Å²) >= 11 is 0. The number of aromatic nitrogens is 1. The van der Waals surface area contributed by atoms with Crippen LogP contribution in [0.3, 0.4) is 0 Å². The van der Waals surface area contributed by atoms with Crippen LogP contribution in [0.25, 0.3) is 0 Å². The summed E-state index contributed by atoms with van der Waals surface area (Å²) in [6.45, 7) is 5.82. The van der Waals surface area contributed by atoms with Crippen molar-refractivity contribution in [2.24, 2.45) is 5.92 Å². The van der Waals surface area contributed by atoms with Crippen molar-refractivity contribution in [1.82, 2.24) is 25.8 Å². The molecule has 0 bridgehead atoms. The van der Waals surface area contributed by atoms with E-state index in [-0.39, 0.29) is 29.8 Å². The van der Waals surface area contributed by atoms with E-state index >= 15 is 0 Å². The maximum absolute atomic E-state index is 13.5. The largest absolute Gasteiger partial charge is 0.343 e. The molecule has 0 aromatic carbocycles. The van der Waals surface area contributed by atoms with Crippen LogP contribution in [0, 0.1) is 5.92 Å². The molecule has 2 rings (SSSR count). The Kier molecular flexibility index (Phi) is 7.55. The van der Waals surface area contributed by atoms with Gasteiger partial charge in [0, 0.05) is 26.8 Å². The molecule has 3 atom stereocenters. The fourth-order valence-corrected chi connectivity index (χ4v) is 3.21. The molecule has 160 valence electrons. The van der Waals surface area contributed by atoms with Gasteiger partial charge < -0.3 is 20.9 Å². The molecule has 2 unspecified atom stereocenters. The van der Waals surface area contributed by atoms with Gasteiger partial charge in [0.15, 0.2) is 0 Å². The number of carbonyl (C=O) groups is 3. The standard InChI is InChI=1S/C20H32N6O3/c1-12(2)16(24-18(27)13(3)21-4)19(28)26-15(11-23-20(29)25(5)6)10-14-8-7-9-22-17(14)26/h7-9,12-13,15-16,21H,10-11H2,1-6H3,(H,23,29)(H,24,27)/t13?,15?,16-/m0/s1. The number of hydrogen-bond donors (Lipinski definition) is 3. The van der Waals surface area contributed by atoms with Gasteiger partial charge in [0.05, 0.1) is 12.1 Å². The zero-order valence-corrected chi connectivity index (χ0v) is 18.0. The van der Waals surface area contributed by atoms with E-state index < -0.39 is 12.1 Å². The molecule has 1 aliphatic rings. The Morgan fingerprint density at radius 2 is 1.97 bits per heavy atom. The fraction of sp³-hybridized carbons (Fsp3) is 0.600. The number of hydrogen-bond acceptors (Lipinski definition) is 5. The van der Waals surface area contributed by atoms with Crippen molar-refractivity contribution in [1.29, 1.82) is 0 Å². The molecule has 3 N–H and O–H groups in total. The molecule has 9 heteroatoms. The first kappa shape index (κ1) is 22.6. The average molecular weight is 405 g/mol. The number of fused-ring (bicyclic) bond motifs is 1. The van der Waals surface area contributed by atoms with Gasteiger partial charge in [-0.15, -0.1) is 0 Å². The second-order valence-electron chi connectivity index (χ2n) is 7.87. The molecule has 4 amide bonds. The molecule has 0 saturated carbocycles. The number of nitrogens with one attached hydrogen (secondary N) is 3. The Balaban J connectivity index is 2.27. The third-order valence-electron chi connectivity index (χ3n) is 5.11. The molecule has 0 saturated heterocycles. The normalized spacial score (nSPS) is 17.5. The molecule has 0 aliphatic carbocycles. The van der Waals surface area contributed by atoms with E-state index in [0.717, 1.165) is 5.56 Å². The summed E-state index contributed by atoms with van der Waals surface area (Å²) in [6.07, 6.45) is 2.24. The Morgan fingerprint density at radius 3 is 2.55 bits per heavy atom. The summed E-state index contributed by atoms with van der Waals surface area (Å²) in [5.74, 6) is 0.0131. The number of anilines is 1. The minimum absolute atomic E-state index is 0.111. The van der Waals surface area contributed by atoms with Crippen LogP contribution in [0.4, 0.5) is 10.6 Å². The molecule has 9 nitrogen and oxygen atoms in total. The van der Waals surface area contributed by atoms with Crippen molar-refractivity contribution < 1.29 is 14.4 Å². The van der Waals surface area contributed by atoms with Crippen molar-refractivity contribution in [3.63, 3.8) is 0 Å². The van der Waals surface area contributed by atoms with Crippen LogP contribution >= 0.6 is 0 Å². The van der Waals surface area contributed by atoms with E-state index in [2.05, 4.69) is 20.9 Å². The fourth-order valence-electron chi connectivity index (χ4n) is 3.21. The first-order valence-corrected chi connectivity index (χ1v) is 9.87. The number of amides is 4. The zero-order chi connectivity index (χ0) is 21.7. The Labute approximate surface area is 172 Å². The smallest absolute Gasteiger partial charge is 0.316 e. The van der Waals surface area contributed by atoms with Crippen LogP contribution in [0.5, 0.6) is 0 Å². The number of likely N-dealkylation sites (N-methyl/N-ethyl adjacent to an activating group) is 1. The van der Waals surface area contributed by atoms with Gasteiger partial charge in [0.2, 0.25) is 5.91 Å². The number of urea groups is 1. The molecular weight excluding hydrogens is 372 g/mol. The third kappa shape index (κ3) is 5.23. The molecule has 0 fully saturated rings. The molecule has 1 aromatic rings. The van der Waals surface area contributed by atoms with Crippen molar-refractivity contribution in [2.45, 2.75) is 45.3 Å². The first-order chi connectivity index (χ1) is 13.7. The number of carbonyl (C=O) groups excluding carboxylic acids is 3. The van der Waals surface area contributed by atoms with E-state index in [9.17, 15) is 14.4 Å². The molecule has 0 spiro atoms. The van der Waals surface area contributed by atoms with Crippen LogP contribution in [-0.4, -0.2) is 73.5 Å². The molecule has 29 heavy (non-hydrogen) atoms. The van der Waals surface area contributed by atoms with E-state index in [4.69, 9.17) is 0 Å². The highest BCUT2D eigenvalue weighted by Crippen LogP contribution is 2.31. The van der Waals surface area contributed by atoms with E-state index in [1.807, 2.05) is 26.0 Å². The highest BCUT2D eigenvalue weighted by atomic mass is 16.2. The first-order valence-electron chi connectivity index (χ1n) is 9.87. The molecular formula is C20H32N6O3. The van der Waals surface area contributed by atoms with Gasteiger partial charge in [-0.3, -0.25) is 14.5 Å². The lowest BCUT2D eigenvalue weighted by molar-refractivity contribution is -0.129. The highest BCUT2D eigenvalue weighted by molar-refractivity contribution is 6.01. The summed E-state index contributed by atoms with van der Waals surface area (Å²) in [5.41, 5.74) is 0.947. The van der Waals surface area contributed by atoms with Crippen molar-refractivity contribution >= 4 is 23.7 Å². The highest BCUT2D eigenvalue weighted by Gasteiger charge is 2.39. The van der Waals surface area contributed by atoms with E-state index in [1.165, 1.54) is 4.90 Å². The van der Waals surface area contributed by atoms with Gasteiger partial charge in [-0.25, -0.2) is 9.78 Å². The second kappa shape index (κ2) is 9.69. The van der Waals surface area contributed by atoms with Gasteiger partial charge in [-0.05, 0) is 37.9 Å². The Bertz CT molecular complexity index is 751. The topological polar surface area (TPSA) is 107 Å². The van der Waals surface area contributed by atoms with Crippen LogP contribution in [0.2, 0.25) is 0 Å². The summed E-state index contributed by atoms with van der Waals surface area (Å²) in [6, 6.07) is 2.16. The van der Waals surface area contributed by atoms with Gasteiger partial charge in [-0.2, -0.15) is 0 Å². The summed E-state index contributed by atoms with van der Waals surface area (Å²) in [7, 11) is 5.02. The predicted molar refractivity (Wildman–Crippen MR) is 112 cm³/mol. The quantitative estimate of drug-likeness (QED) is 0.608. The minimum Gasteiger partial charge on any atom is -0.343 e. The molecule has 1 aromatic heterocycles. The average Bonchev–Trinajstić information content (AvgIpc) is 3.06.